The Hall–Kier alpha value is -1.13. The second kappa shape index (κ2) is 4.59. The zero-order chi connectivity index (χ0) is 10.7. The Morgan fingerprint density at radius 1 is 0.800 bits per heavy atom. The smallest absolute Gasteiger partial charge is 0.00258 e. The van der Waals surface area contributed by atoms with Crippen molar-refractivity contribution in [3.05, 3.63) is 65.2 Å². The summed E-state index contributed by atoms with van der Waals surface area (Å²) >= 11 is 0. The molecule has 0 N–H and O–H groups in total. The van der Waals surface area contributed by atoms with Gasteiger partial charge in [0.15, 0.2) is 0 Å². The molecule has 0 nitrogen and oxygen atoms in total. The minimum atomic E-state index is 1.02. The predicted octanol–water partition coefficient (Wildman–Crippen LogP) is 3.09. The molecule has 0 aliphatic carbocycles. The van der Waals surface area contributed by atoms with Gasteiger partial charge in [-0.25, -0.2) is 0 Å². The van der Waals surface area contributed by atoms with E-state index in [1.165, 1.54) is 22.0 Å². The zero-order valence-corrected chi connectivity index (χ0v) is 10.1. The van der Waals surface area contributed by atoms with Crippen molar-refractivity contribution in [3.8, 4) is 0 Å². The normalized spacial score (nSPS) is 10.3. The average molecular weight is 214 g/mol. The first-order chi connectivity index (χ1) is 7.24. The van der Waals surface area contributed by atoms with E-state index in [0.717, 1.165) is 6.42 Å². The number of hydrogen-bond acceptors (Lipinski definition) is 0. The second-order valence-corrected chi connectivity index (χ2v) is 4.57. The van der Waals surface area contributed by atoms with Gasteiger partial charge in [-0.05, 0) is 29.8 Å². The molecular formula is C14H15P. The van der Waals surface area contributed by atoms with Crippen LogP contribution < -0.4 is 5.30 Å². The lowest BCUT2D eigenvalue weighted by atomic mass is 10.0. The first-order valence-electron chi connectivity index (χ1n) is 5.14. The van der Waals surface area contributed by atoms with Crippen LogP contribution in [0.25, 0.3) is 0 Å². The van der Waals surface area contributed by atoms with Crippen LogP contribution in [0.15, 0.2) is 48.5 Å². The van der Waals surface area contributed by atoms with Crippen LogP contribution in [0.1, 0.15) is 16.7 Å². The molecule has 0 aliphatic rings. The SMILES string of the molecule is Cc1ccc(Cc2ccc(P)cc2)cc1. The Labute approximate surface area is 93.5 Å². The maximum Gasteiger partial charge on any atom is -0.00258 e. The zero-order valence-electron chi connectivity index (χ0n) is 8.90. The largest absolute Gasteiger partial charge is 0.106 e. The van der Waals surface area contributed by atoms with Gasteiger partial charge in [-0.15, -0.1) is 9.24 Å². The minimum Gasteiger partial charge on any atom is -0.106 e. The van der Waals surface area contributed by atoms with Crippen LogP contribution in [0.2, 0.25) is 0 Å². The van der Waals surface area contributed by atoms with Gasteiger partial charge in [-0.1, -0.05) is 54.1 Å². The lowest BCUT2D eigenvalue weighted by Crippen LogP contribution is -1.92. The van der Waals surface area contributed by atoms with Gasteiger partial charge < -0.3 is 0 Å². The van der Waals surface area contributed by atoms with Crippen LogP contribution >= 0.6 is 9.24 Å². The van der Waals surface area contributed by atoms with Crippen LogP contribution in [0.5, 0.6) is 0 Å². The second-order valence-electron chi connectivity index (χ2n) is 3.90. The summed E-state index contributed by atoms with van der Waals surface area (Å²) in [5.74, 6) is 0. The third-order valence-electron chi connectivity index (χ3n) is 2.51. The third kappa shape index (κ3) is 2.91. The van der Waals surface area contributed by atoms with Gasteiger partial charge in [-0.2, -0.15) is 0 Å². The van der Waals surface area contributed by atoms with Crippen molar-refractivity contribution in [1.82, 2.24) is 0 Å². The topological polar surface area (TPSA) is 0 Å². The molecule has 0 radical (unpaired) electrons. The highest BCUT2D eigenvalue weighted by Crippen LogP contribution is 2.10. The summed E-state index contributed by atoms with van der Waals surface area (Å²) in [6.07, 6.45) is 1.02. The van der Waals surface area contributed by atoms with E-state index in [2.05, 4.69) is 64.7 Å². The summed E-state index contributed by atoms with van der Waals surface area (Å²) in [5, 5.41) is 1.24. The predicted molar refractivity (Wildman–Crippen MR) is 69.8 cm³/mol. The summed E-state index contributed by atoms with van der Waals surface area (Å²) in [7, 11) is 2.71. The first-order valence-corrected chi connectivity index (χ1v) is 5.72. The molecule has 0 aromatic heterocycles. The van der Waals surface area contributed by atoms with E-state index in [1.807, 2.05) is 0 Å². The van der Waals surface area contributed by atoms with Gasteiger partial charge in [0.2, 0.25) is 0 Å². The molecule has 0 heterocycles. The summed E-state index contributed by atoms with van der Waals surface area (Å²) in [6.45, 7) is 2.12. The van der Waals surface area contributed by atoms with Crippen molar-refractivity contribution in [2.24, 2.45) is 0 Å². The Balaban J connectivity index is 2.15. The first kappa shape index (κ1) is 10.4. The fourth-order valence-electron chi connectivity index (χ4n) is 1.58. The van der Waals surface area contributed by atoms with E-state index >= 15 is 0 Å². The Morgan fingerprint density at radius 3 is 1.80 bits per heavy atom. The summed E-state index contributed by atoms with van der Waals surface area (Å²) in [4.78, 5) is 0. The molecule has 2 aromatic rings. The summed E-state index contributed by atoms with van der Waals surface area (Å²) in [6, 6.07) is 17.4. The highest BCUT2D eigenvalue weighted by molar-refractivity contribution is 7.27. The molecule has 0 bridgehead atoms. The van der Waals surface area contributed by atoms with E-state index in [1.54, 1.807) is 0 Å². The fourth-order valence-corrected chi connectivity index (χ4v) is 1.77. The van der Waals surface area contributed by atoms with Crippen molar-refractivity contribution in [3.63, 3.8) is 0 Å². The van der Waals surface area contributed by atoms with Crippen molar-refractivity contribution >= 4 is 14.5 Å². The van der Waals surface area contributed by atoms with Crippen molar-refractivity contribution in [1.29, 1.82) is 0 Å². The number of benzene rings is 2. The molecule has 0 fully saturated rings. The molecule has 2 rings (SSSR count). The van der Waals surface area contributed by atoms with Gasteiger partial charge in [0, 0.05) is 0 Å². The Kier molecular flexibility index (Phi) is 3.18. The number of hydrogen-bond donors (Lipinski definition) is 0. The molecule has 1 heteroatoms. The van der Waals surface area contributed by atoms with E-state index in [4.69, 9.17) is 0 Å². The van der Waals surface area contributed by atoms with Gasteiger partial charge >= 0.3 is 0 Å². The van der Waals surface area contributed by atoms with E-state index in [0.29, 0.717) is 0 Å². The van der Waals surface area contributed by atoms with Gasteiger partial charge in [0.05, 0.1) is 0 Å². The molecule has 15 heavy (non-hydrogen) atoms. The average Bonchev–Trinajstić information content (AvgIpc) is 2.25. The van der Waals surface area contributed by atoms with Crippen molar-refractivity contribution in [2.45, 2.75) is 13.3 Å². The van der Waals surface area contributed by atoms with E-state index in [-0.39, 0.29) is 0 Å². The van der Waals surface area contributed by atoms with E-state index in [9.17, 15) is 0 Å². The molecular weight excluding hydrogens is 199 g/mol. The van der Waals surface area contributed by atoms with Crippen LogP contribution in [-0.2, 0) is 6.42 Å². The van der Waals surface area contributed by atoms with E-state index < -0.39 is 0 Å². The van der Waals surface area contributed by atoms with Gasteiger partial charge in [0.1, 0.15) is 0 Å². The molecule has 1 unspecified atom stereocenters. The van der Waals surface area contributed by atoms with Crippen LogP contribution in [0.4, 0.5) is 0 Å². The van der Waals surface area contributed by atoms with Crippen LogP contribution in [0.3, 0.4) is 0 Å². The summed E-state index contributed by atoms with van der Waals surface area (Å²) in [5.41, 5.74) is 4.06. The van der Waals surface area contributed by atoms with Gasteiger partial charge in [0.25, 0.3) is 0 Å². The third-order valence-corrected chi connectivity index (χ3v) is 2.89. The maximum atomic E-state index is 2.71. The number of aryl methyl sites for hydroxylation is 1. The lowest BCUT2D eigenvalue weighted by Gasteiger charge is -2.02. The summed E-state index contributed by atoms with van der Waals surface area (Å²) < 4.78 is 0. The van der Waals surface area contributed by atoms with Crippen molar-refractivity contribution < 1.29 is 0 Å². The maximum absolute atomic E-state index is 2.71. The molecule has 1 atom stereocenters. The fraction of sp³-hybridized carbons (Fsp3) is 0.143. The van der Waals surface area contributed by atoms with Crippen molar-refractivity contribution in [2.75, 3.05) is 0 Å². The molecule has 2 aromatic carbocycles. The molecule has 0 saturated heterocycles. The Morgan fingerprint density at radius 2 is 1.27 bits per heavy atom. The molecule has 0 spiro atoms. The monoisotopic (exact) mass is 214 g/mol. The lowest BCUT2D eigenvalue weighted by molar-refractivity contribution is 1.19. The highest BCUT2D eigenvalue weighted by Gasteiger charge is 1.95. The number of rotatable bonds is 2. The Bertz CT molecular complexity index is 382. The van der Waals surface area contributed by atoms with Gasteiger partial charge in [-0.3, -0.25) is 0 Å². The van der Waals surface area contributed by atoms with Crippen LogP contribution in [0, 0.1) is 6.92 Å². The molecule has 0 saturated carbocycles. The molecule has 0 aliphatic heterocycles. The quantitative estimate of drug-likeness (QED) is 0.674. The highest BCUT2D eigenvalue weighted by atomic mass is 31.0. The molecule has 0 amide bonds. The molecule has 76 valence electrons. The minimum absolute atomic E-state index is 1.02. The standard InChI is InChI=1S/C14H15P/c1-11-2-4-12(5-3-11)10-13-6-8-14(15)9-7-13/h2-9H,10,15H2,1H3. The van der Waals surface area contributed by atoms with Crippen LogP contribution in [-0.4, -0.2) is 0 Å².